The van der Waals surface area contributed by atoms with Gasteiger partial charge in [0.05, 0.1) is 26.7 Å². The highest BCUT2D eigenvalue weighted by Crippen LogP contribution is 2.15. The molecule has 1 aliphatic rings. The molecule has 0 aromatic carbocycles. The summed E-state index contributed by atoms with van der Waals surface area (Å²) in [5.74, 6) is 0. The summed E-state index contributed by atoms with van der Waals surface area (Å²) in [6.45, 7) is 7.61. The number of likely N-dealkylation sites (tertiary alicyclic amines) is 1. The summed E-state index contributed by atoms with van der Waals surface area (Å²) in [7, 11) is 4.04. The third kappa shape index (κ3) is 4.58. The molecule has 0 atom stereocenters. The van der Waals surface area contributed by atoms with E-state index in [1.807, 2.05) is 6.08 Å². The largest absolute Gasteiger partial charge is 0.323 e. The molecule has 0 N–H and O–H groups in total. The molecule has 12 heavy (non-hydrogen) atoms. The van der Waals surface area contributed by atoms with Crippen molar-refractivity contribution < 1.29 is 13.8 Å². The minimum atomic E-state index is 1.15. The lowest BCUT2D eigenvalue weighted by atomic mass is 10.4. The van der Waals surface area contributed by atoms with E-state index in [2.05, 4.69) is 15.1 Å². The highest BCUT2D eigenvalue weighted by atomic mass is 31.0. The zero-order valence-corrected chi connectivity index (χ0v) is 8.55. The van der Waals surface area contributed by atoms with Crippen molar-refractivity contribution in [2.24, 2.45) is 0 Å². The van der Waals surface area contributed by atoms with Crippen LogP contribution in [0.1, 0.15) is 12.8 Å². The Labute approximate surface area is 77.4 Å². The first kappa shape index (κ1) is 11.7. The summed E-state index contributed by atoms with van der Waals surface area (Å²) in [5, 5.41) is 0. The van der Waals surface area contributed by atoms with Crippen LogP contribution >= 0.6 is 9.12 Å². The monoisotopic (exact) mass is 196 g/mol. The van der Waals surface area contributed by atoms with Crippen LogP contribution in [0.2, 0.25) is 0 Å². The molecule has 0 radical (unpaired) electrons. The second-order valence-electron chi connectivity index (χ2n) is 3.25. The lowest BCUT2D eigenvalue weighted by Gasteiger charge is -2.27. The number of halogens is 1. The maximum Gasteiger partial charge on any atom is 0.269 e. The number of quaternary nitrogens is 1. The van der Waals surface area contributed by atoms with Crippen molar-refractivity contribution in [3.05, 3.63) is 12.7 Å². The standard InChI is InChI=1S/C8H16N.FH.HOP/c1-3-6-9(2)7-4-5-8-9;;1-2/h3H,1,4-8H2,2H3;1H;2H/q+1;;/i/hT. The lowest BCUT2D eigenvalue weighted by molar-refractivity contribution is -0.891. The molecule has 0 aromatic rings. The molecule has 0 amide bonds. The van der Waals surface area contributed by atoms with E-state index < -0.39 is 0 Å². The van der Waals surface area contributed by atoms with Crippen LogP contribution in [0.3, 0.4) is 0 Å². The van der Waals surface area contributed by atoms with Crippen molar-refractivity contribution in [1.29, 1.82) is 1.45 Å². The Hall–Kier alpha value is -0.270. The Balaban J connectivity index is 0. The first-order chi connectivity index (χ1) is 6.27. The van der Waals surface area contributed by atoms with Gasteiger partial charge in [-0.05, 0) is 6.08 Å². The molecule has 4 heteroatoms. The Morgan fingerprint density at radius 2 is 2.00 bits per heavy atom. The van der Waals surface area contributed by atoms with Crippen LogP contribution in [-0.2, 0) is 4.57 Å². The highest BCUT2D eigenvalue weighted by Gasteiger charge is 2.24. The molecule has 72 valence electrons. The quantitative estimate of drug-likeness (QED) is 0.375. The van der Waals surface area contributed by atoms with Crippen LogP contribution < -0.4 is 0 Å². The Bertz CT molecular complexity index is 131. The topological polar surface area (TPSA) is 17.1 Å². The predicted octanol–water partition coefficient (Wildman–Crippen LogP) is 2.04. The Morgan fingerprint density at radius 1 is 1.58 bits per heavy atom. The third-order valence-corrected chi connectivity index (χ3v) is 2.22. The van der Waals surface area contributed by atoms with Crippen molar-refractivity contribution >= 4 is 9.12 Å². The fraction of sp³-hybridized carbons (Fsp3) is 0.750. The van der Waals surface area contributed by atoms with Gasteiger partial charge in [-0.1, -0.05) is 6.58 Å². The van der Waals surface area contributed by atoms with Crippen LogP contribution in [0, 0.1) is 0 Å². The van der Waals surface area contributed by atoms with Gasteiger partial charge in [-0.2, -0.15) is 0 Å². The van der Waals surface area contributed by atoms with Gasteiger partial charge in [-0.3, -0.25) is 9.28 Å². The molecule has 1 fully saturated rings. The van der Waals surface area contributed by atoms with Gasteiger partial charge < -0.3 is 4.48 Å². The summed E-state index contributed by atoms with van der Waals surface area (Å²) >= 11 is 0. The van der Waals surface area contributed by atoms with Gasteiger partial charge in [-0.15, -0.1) is 0 Å². The van der Waals surface area contributed by atoms with Crippen LogP contribution in [0.25, 0.3) is 0 Å². The average molecular weight is 196 g/mol. The van der Waals surface area contributed by atoms with E-state index in [1.54, 1.807) is 9.12 Å². The minimum absolute atomic E-state index is 1.15. The van der Waals surface area contributed by atoms with E-state index in [-0.39, 0.29) is 0 Å². The summed E-state index contributed by atoms with van der Waals surface area (Å²) in [5.41, 5.74) is 0. The zero-order valence-electron chi connectivity index (χ0n) is 8.55. The predicted molar refractivity (Wildman–Crippen MR) is 51.7 cm³/mol. The van der Waals surface area contributed by atoms with Crippen molar-refractivity contribution in [2.45, 2.75) is 12.8 Å². The van der Waals surface area contributed by atoms with Gasteiger partial charge in [0, 0.05) is 12.8 Å². The average Bonchev–Trinajstić information content (AvgIpc) is 2.60. The molecule has 1 aliphatic heterocycles. The van der Waals surface area contributed by atoms with Crippen LogP contribution in [-0.4, -0.2) is 32.6 Å². The van der Waals surface area contributed by atoms with E-state index in [1.165, 1.54) is 30.4 Å². The van der Waals surface area contributed by atoms with E-state index in [9.17, 15) is 0 Å². The fourth-order valence-electron chi connectivity index (χ4n) is 1.59. The van der Waals surface area contributed by atoms with Gasteiger partial charge in [0.15, 0.2) is 0 Å². The number of likely N-dealkylation sites (N-methyl/N-ethyl adjacent to an activating group) is 1. The summed E-state index contributed by atoms with van der Waals surface area (Å²) in [6.07, 6.45) is 4.85. The molecule has 0 aromatic heterocycles. The Kier molecular flexibility index (Phi) is 7.22. The van der Waals surface area contributed by atoms with Gasteiger partial charge in [-0.25, -0.2) is 0 Å². The van der Waals surface area contributed by atoms with Crippen molar-refractivity contribution in [3.8, 4) is 0 Å². The third-order valence-electron chi connectivity index (χ3n) is 2.22. The van der Waals surface area contributed by atoms with Crippen LogP contribution in [0.5, 0.6) is 0 Å². The first-order valence-electron chi connectivity index (χ1n) is 4.29. The zero-order chi connectivity index (χ0) is 10.7. The SMILES string of the molecule is C=CC[N+]1(C)CCCC1.O=P.[3H]F. The Morgan fingerprint density at radius 3 is 2.33 bits per heavy atom. The molecule has 1 heterocycles. The first-order valence-corrected chi connectivity index (χ1v) is 4.32. The number of hydrogen-bond acceptors (Lipinski definition) is 1. The molecular formula is C8H18FNOP+. The maximum absolute atomic E-state index is 8.75. The maximum atomic E-state index is 8.75. The normalized spacial score (nSPS) is 19.0. The summed E-state index contributed by atoms with van der Waals surface area (Å²) in [4.78, 5) is 0. The van der Waals surface area contributed by atoms with E-state index in [0.717, 1.165) is 6.54 Å². The summed E-state index contributed by atoms with van der Waals surface area (Å²) < 4.78 is 22.3. The minimum Gasteiger partial charge on any atom is -0.323 e. The van der Waals surface area contributed by atoms with Gasteiger partial charge >= 0.3 is 0 Å². The van der Waals surface area contributed by atoms with Gasteiger partial charge in [0.1, 0.15) is 9.12 Å². The molecule has 2 nitrogen and oxygen atoms in total. The van der Waals surface area contributed by atoms with E-state index in [0.29, 0.717) is 0 Å². The second-order valence-corrected chi connectivity index (χ2v) is 3.25. The van der Waals surface area contributed by atoms with Crippen LogP contribution in [0.15, 0.2) is 12.7 Å². The fourth-order valence-corrected chi connectivity index (χ4v) is 1.59. The molecular weight excluding hydrogens is 176 g/mol. The molecule has 1 saturated heterocycles. The molecule has 0 aliphatic carbocycles. The summed E-state index contributed by atoms with van der Waals surface area (Å²) in [6, 6.07) is 0. The molecule has 0 saturated carbocycles. The molecule has 0 unspecified atom stereocenters. The van der Waals surface area contributed by atoms with Crippen LogP contribution in [0.4, 0.5) is 4.72 Å². The van der Waals surface area contributed by atoms with E-state index >= 15 is 0 Å². The second kappa shape index (κ2) is 7.38. The van der Waals surface area contributed by atoms with Gasteiger partial charge in [0.25, 0.3) is 1.45 Å². The van der Waals surface area contributed by atoms with Crippen molar-refractivity contribution in [2.75, 3.05) is 26.7 Å². The number of hydrogen-bond donors (Lipinski definition) is 0. The van der Waals surface area contributed by atoms with Crippen molar-refractivity contribution in [1.82, 2.24) is 0 Å². The number of rotatable bonds is 2. The molecule has 0 spiro atoms. The van der Waals surface area contributed by atoms with E-state index in [4.69, 9.17) is 9.28 Å². The highest BCUT2D eigenvalue weighted by molar-refractivity contribution is 7.00. The molecule has 0 bridgehead atoms. The number of nitrogens with zero attached hydrogens (tertiary/aromatic N) is 1. The van der Waals surface area contributed by atoms with Gasteiger partial charge in [0.2, 0.25) is 0 Å². The lowest BCUT2D eigenvalue weighted by Crippen LogP contribution is -2.40. The smallest absolute Gasteiger partial charge is 0.269 e. The van der Waals surface area contributed by atoms with Crippen molar-refractivity contribution in [3.63, 3.8) is 0 Å². The molecule has 1 rings (SSSR count).